The highest BCUT2D eigenvalue weighted by molar-refractivity contribution is 14.1. The van der Waals surface area contributed by atoms with Crippen molar-refractivity contribution in [1.29, 1.82) is 0 Å². The molecule has 1 amide bonds. The van der Waals surface area contributed by atoms with Crippen molar-refractivity contribution in [2.45, 2.75) is 50.5 Å². The maximum atomic E-state index is 12.4. The molecule has 1 atom stereocenters. The van der Waals surface area contributed by atoms with Crippen LogP contribution in [0.2, 0.25) is 0 Å². The molecule has 1 aromatic carbocycles. The number of halogens is 1. The summed E-state index contributed by atoms with van der Waals surface area (Å²) in [7, 11) is 0. The van der Waals surface area contributed by atoms with E-state index in [4.69, 9.17) is 0 Å². The van der Waals surface area contributed by atoms with Crippen LogP contribution in [0.4, 0.5) is 0 Å². The number of nitrogens with one attached hydrogen (secondary N) is 1. The first-order chi connectivity index (χ1) is 8.70. The third kappa shape index (κ3) is 4.20. The summed E-state index contributed by atoms with van der Waals surface area (Å²) in [6.07, 6.45) is 0.986. The maximum absolute atomic E-state index is 12.4. The summed E-state index contributed by atoms with van der Waals surface area (Å²) in [5.74, 6) is 0.112. The fourth-order valence-electron chi connectivity index (χ4n) is 1.83. The first-order valence-corrected chi connectivity index (χ1v) is 7.97. The van der Waals surface area contributed by atoms with Gasteiger partial charge in [0.05, 0.1) is 9.46 Å². The Balaban J connectivity index is 2.82. The summed E-state index contributed by atoms with van der Waals surface area (Å²) >= 11 is 2.26. The molecule has 0 aliphatic heterocycles. The lowest BCUT2D eigenvalue weighted by Gasteiger charge is -2.33. The van der Waals surface area contributed by atoms with Crippen LogP contribution in [0.5, 0.6) is 0 Å². The van der Waals surface area contributed by atoms with E-state index < -0.39 is 0 Å². The molecular weight excluding hydrogens is 349 g/mol. The molecule has 0 aliphatic rings. The summed E-state index contributed by atoms with van der Waals surface area (Å²) in [5, 5.41) is 3.17. The molecule has 0 aliphatic carbocycles. The number of carbonyl (C=O) groups is 1. The van der Waals surface area contributed by atoms with Gasteiger partial charge in [-0.25, -0.2) is 0 Å². The Bertz CT molecular complexity index is 426. The minimum absolute atomic E-state index is 0.0113. The lowest BCUT2D eigenvalue weighted by Crippen LogP contribution is -2.47. The molecule has 1 rings (SSSR count). The van der Waals surface area contributed by atoms with Crippen LogP contribution >= 0.6 is 22.6 Å². The van der Waals surface area contributed by atoms with Crippen molar-refractivity contribution in [2.75, 3.05) is 0 Å². The lowest BCUT2D eigenvalue weighted by atomic mass is 9.85. The molecule has 0 heterocycles. The van der Waals surface area contributed by atoms with Crippen LogP contribution in [0.3, 0.4) is 0 Å². The molecule has 2 nitrogen and oxygen atoms in total. The van der Waals surface area contributed by atoms with Crippen molar-refractivity contribution in [3.8, 4) is 0 Å². The van der Waals surface area contributed by atoms with Crippen molar-refractivity contribution in [2.24, 2.45) is 5.41 Å². The van der Waals surface area contributed by atoms with E-state index in [1.807, 2.05) is 44.2 Å². The third-order valence-corrected chi connectivity index (χ3v) is 6.01. The molecule has 0 bridgehead atoms. The SMILES string of the molecule is CCC(C)(C)C(I)C(=O)NC(C)(C)c1ccccc1. The van der Waals surface area contributed by atoms with Gasteiger partial charge in [-0.05, 0) is 31.2 Å². The molecule has 0 radical (unpaired) electrons. The van der Waals surface area contributed by atoms with E-state index in [-0.39, 0.29) is 20.8 Å². The summed E-state index contributed by atoms with van der Waals surface area (Å²) < 4.78 is -0.0295. The summed E-state index contributed by atoms with van der Waals surface area (Å²) in [6.45, 7) is 10.5. The van der Waals surface area contributed by atoms with Crippen molar-refractivity contribution >= 4 is 28.5 Å². The quantitative estimate of drug-likeness (QED) is 0.606. The van der Waals surface area contributed by atoms with Crippen molar-refractivity contribution in [1.82, 2.24) is 5.32 Å². The predicted octanol–water partition coefficient (Wildman–Crippen LogP) is 4.28. The number of carbonyl (C=O) groups excluding carboxylic acids is 1. The second-order valence-corrected chi connectivity index (χ2v) is 7.43. The van der Waals surface area contributed by atoms with Gasteiger partial charge < -0.3 is 5.32 Å². The monoisotopic (exact) mass is 373 g/mol. The molecular formula is C16H24INO. The molecule has 1 unspecified atom stereocenters. The topological polar surface area (TPSA) is 29.1 Å². The van der Waals surface area contributed by atoms with Crippen LogP contribution in [0.1, 0.15) is 46.6 Å². The Morgan fingerprint density at radius 2 is 1.74 bits per heavy atom. The molecule has 106 valence electrons. The van der Waals surface area contributed by atoms with Crippen molar-refractivity contribution < 1.29 is 4.79 Å². The van der Waals surface area contributed by atoms with Crippen LogP contribution < -0.4 is 5.32 Å². The van der Waals surface area contributed by atoms with E-state index in [9.17, 15) is 4.79 Å². The zero-order valence-corrected chi connectivity index (χ0v) is 14.6. The smallest absolute Gasteiger partial charge is 0.234 e. The molecule has 0 saturated heterocycles. The maximum Gasteiger partial charge on any atom is 0.234 e. The van der Waals surface area contributed by atoms with Gasteiger partial charge in [0.15, 0.2) is 0 Å². The number of alkyl halides is 1. The number of amides is 1. The first-order valence-electron chi connectivity index (χ1n) is 6.72. The van der Waals surface area contributed by atoms with Gasteiger partial charge in [-0.3, -0.25) is 4.79 Å². The van der Waals surface area contributed by atoms with E-state index in [1.165, 1.54) is 0 Å². The highest BCUT2D eigenvalue weighted by Crippen LogP contribution is 2.32. The molecule has 0 fully saturated rings. The Kier molecular flexibility index (Phi) is 5.42. The summed E-state index contributed by atoms with van der Waals surface area (Å²) in [6, 6.07) is 10.1. The second-order valence-electron chi connectivity index (χ2n) is 6.18. The molecule has 0 saturated carbocycles. The van der Waals surface area contributed by atoms with Gasteiger partial charge in [-0.2, -0.15) is 0 Å². The van der Waals surface area contributed by atoms with E-state index in [2.05, 4.69) is 48.7 Å². The van der Waals surface area contributed by atoms with Gasteiger partial charge in [0.1, 0.15) is 0 Å². The summed E-state index contributed by atoms with van der Waals surface area (Å²) in [5.41, 5.74) is 0.796. The Morgan fingerprint density at radius 3 is 2.21 bits per heavy atom. The van der Waals surface area contributed by atoms with Gasteiger partial charge in [-0.1, -0.05) is 73.7 Å². The highest BCUT2D eigenvalue weighted by Gasteiger charge is 2.34. The molecule has 3 heteroatoms. The van der Waals surface area contributed by atoms with Crippen LogP contribution in [0.25, 0.3) is 0 Å². The third-order valence-electron chi connectivity index (χ3n) is 3.76. The normalized spacial score (nSPS) is 14.0. The first kappa shape index (κ1) is 16.5. The van der Waals surface area contributed by atoms with Gasteiger partial charge in [0.25, 0.3) is 0 Å². The predicted molar refractivity (Wildman–Crippen MR) is 89.5 cm³/mol. The zero-order chi connectivity index (χ0) is 14.7. The molecule has 0 spiro atoms. The number of hydrogen-bond acceptors (Lipinski definition) is 1. The lowest BCUT2D eigenvalue weighted by molar-refractivity contribution is -0.123. The Hall–Kier alpha value is -0.580. The molecule has 1 N–H and O–H groups in total. The number of rotatable bonds is 5. The van der Waals surface area contributed by atoms with Crippen LogP contribution in [0.15, 0.2) is 30.3 Å². The van der Waals surface area contributed by atoms with E-state index in [0.717, 1.165) is 12.0 Å². The van der Waals surface area contributed by atoms with Crippen molar-refractivity contribution in [3.63, 3.8) is 0 Å². The summed E-state index contributed by atoms with van der Waals surface area (Å²) in [4.78, 5) is 12.4. The van der Waals surface area contributed by atoms with E-state index in [1.54, 1.807) is 0 Å². The average Bonchev–Trinajstić information content (AvgIpc) is 2.38. The average molecular weight is 373 g/mol. The van der Waals surface area contributed by atoms with Gasteiger partial charge in [0, 0.05) is 0 Å². The van der Waals surface area contributed by atoms with Gasteiger partial charge >= 0.3 is 0 Å². The highest BCUT2D eigenvalue weighted by atomic mass is 127. The molecule has 19 heavy (non-hydrogen) atoms. The fraction of sp³-hybridized carbons (Fsp3) is 0.562. The second kappa shape index (κ2) is 6.25. The fourth-order valence-corrected chi connectivity index (χ4v) is 2.43. The Morgan fingerprint density at radius 1 is 1.21 bits per heavy atom. The van der Waals surface area contributed by atoms with Gasteiger partial charge in [-0.15, -0.1) is 0 Å². The van der Waals surface area contributed by atoms with Crippen LogP contribution in [-0.2, 0) is 10.3 Å². The van der Waals surface area contributed by atoms with Gasteiger partial charge in [0.2, 0.25) is 5.91 Å². The largest absolute Gasteiger partial charge is 0.346 e. The minimum atomic E-state index is -0.342. The van der Waals surface area contributed by atoms with Crippen LogP contribution in [-0.4, -0.2) is 9.83 Å². The van der Waals surface area contributed by atoms with E-state index >= 15 is 0 Å². The van der Waals surface area contributed by atoms with Crippen LogP contribution in [0, 0.1) is 5.41 Å². The van der Waals surface area contributed by atoms with Crippen molar-refractivity contribution in [3.05, 3.63) is 35.9 Å². The molecule has 1 aromatic rings. The minimum Gasteiger partial charge on any atom is -0.346 e. The molecule has 0 aromatic heterocycles. The zero-order valence-electron chi connectivity index (χ0n) is 12.5. The standard InChI is InChI=1S/C16H24INO/c1-6-15(2,3)13(17)14(19)18-16(4,5)12-10-8-7-9-11-12/h7-11,13H,6H2,1-5H3,(H,18,19). The Labute approximate surface area is 130 Å². The number of hydrogen-bond donors (Lipinski definition) is 1. The van der Waals surface area contributed by atoms with E-state index in [0.29, 0.717) is 0 Å². The number of benzene rings is 1.